The van der Waals surface area contributed by atoms with Gasteiger partial charge in [-0.1, -0.05) is 0 Å². The fourth-order valence-electron chi connectivity index (χ4n) is 1.10. The summed E-state index contributed by atoms with van der Waals surface area (Å²) in [5.74, 6) is -0.221. The number of carbonyl (C=O) groups excluding carboxylic acids is 1. The molecule has 14 heavy (non-hydrogen) atoms. The molecular formula is C10H16O4. The maximum atomic E-state index is 11.1. The summed E-state index contributed by atoms with van der Waals surface area (Å²) in [6, 6.07) is 0. The average Bonchev–Trinajstić information content (AvgIpc) is 2.06. The van der Waals surface area contributed by atoms with Crippen molar-refractivity contribution in [3.8, 4) is 0 Å². The first-order chi connectivity index (χ1) is 6.42. The van der Waals surface area contributed by atoms with Crippen molar-refractivity contribution in [2.75, 3.05) is 6.61 Å². The Morgan fingerprint density at radius 2 is 2.21 bits per heavy atom. The molecule has 0 aromatic heterocycles. The topological polar surface area (TPSA) is 55.8 Å². The molecule has 0 saturated heterocycles. The summed E-state index contributed by atoms with van der Waals surface area (Å²) in [4.78, 5) is 11.1. The molecule has 0 bridgehead atoms. The summed E-state index contributed by atoms with van der Waals surface area (Å²) in [6.45, 7) is 5.38. The molecule has 4 nitrogen and oxygen atoms in total. The highest BCUT2D eigenvalue weighted by molar-refractivity contribution is 5.94. The van der Waals surface area contributed by atoms with Crippen molar-refractivity contribution in [2.24, 2.45) is 0 Å². The van der Waals surface area contributed by atoms with Gasteiger partial charge in [0.2, 0.25) is 0 Å². The molecule has 2 atom stereocenters. The van der Waals surface area contributed by atoms with Crippen LogP contribution in [0.4, 0.5) is 0 Å². The van der Waals surface area contributed by atoms with Gasteiger partial charge in [0.15, 0.2) is 12.1 Å². The van der Waals surface area contributed by atoms with Crippen molar-refractivity contribution >= 4 is 5.78 Å². The van der Waals surface area contributed by atoms with Gasteiger partial charge in [0, 0.05) is 0 Å². The van der Waals surface area contributed by atoms with Crippen molar-refractivity contribution in [3.63, 3.8) is 0 Å². The maximum absolute atomic E-state index is 11.1. The van der Waals surface area contributed by atoms with Crippen molar-refractivity contribution < 1.29 is 19.4 Å². The van der Waals surface area contributed by atoms with Gasteiger partial charge in [-0.15, -0.1) is 0 Å². The van der Waals surface area contributed by atoms with Gasteiger partial charge in [-0.05, 0) is 32.9 Å². The number of ketones is 1. The fraction of sp³-hybridized carbons (Fsp3) is 0.700. The van der Waals surface area contributed by atoms with Gasteiger partial charge in [0.05, 0.1) is 12.2 Å². The molecule has 0 fully saturated rings. The Labute approximate surface area is 83.5 Å². The predicted molar refractivity (Wildman–Crippen MR) is 50.7 cm³/mol. The Morgan fingerprint density at radius 1 is 1.57 bits per heavy atom. The number of carbonyl (C=O) groups is 1. The van der Waals surface area contributed by atoms with Crippen LogP contribution < -0.4 is 0 Å². The molecule has 4 heteroatoms. The highest BCUT2D eigenvalue weighted by Gasteiger charge is 2.27. The van der Waals surface area contributed by atoms with Crippen LogP contribution in [-0.4, -0.2) is 35.5 Å². The first kappa shape index (κ1) is 11.4. The van der Waals surface area contributed by atoms with Crippen LogP contribution in [0.1, 0.15) is 20.8 Å². The Bertz CT molecular complexity index is 239. The van der Waals surface area contributed by atoms with E-state index in [0.29, 0.717) is 0 Å². The van der Waals surface area contributed by atoms with E-state index in [4.69, 9.17) is 14.6 Å². The first-order valence-electron chi connectivity index (χ1n) is 4.58. The summed E-state index contributed by atoms with van der Waals surface area (Å²) in [6.07, 6.45) is 1.61. The number of hydrogen-bond donors (Lipinski definition) is 1. The monoisotopic (exact) mass is 200 g/mol. The third-order valence-electron chi connectivity index (χ3n) is 1.67. The molecule has 1 N–H and O–H groups in total. The van der Waals surface area contributed by atoms with E-state index in [2.05, 4.69) is 0 Å². The number of hydrogen-bond acceptors (Lipinski definition) is 4. The smallest absolute Gasteiger partial charge is 0.186 e. The largest absolute Gasteiger partial charge is 0.393 e. The molecule has 1 rings (SSSR count). The Kier molecular flexibility index (Phi) is 3.42. The van der Waals surface area contributed by atoms with Crippen LogP contribution in [0.2, 0.25) is 0 Å². The van der Waals surface area contributed by atoms with Crippen LogP contribution in [0.25, 0.3) is 0 Å². The molecule has 0 saturated carbocycles. The maximum Gasteiger partial charge on any atom is 0.186 e. The quantitative estimate of drug-likeness (QED) is 0.710. The molecule has 1 aliphatic heterocycles. The van der Waals surface area contributed by atoms with E-state index in [1.165, 1.54) is 6.08 Å². The second-order valence-electron chi connectivity index (χ2n) is 4.17. The van der Waals surface area contributed by atoms with Crippen LogP contribution in [-0.2, 0) is 14.3 Å². The Balaban J connectivity index is 2.58. The third kappa shape index (κ3) is 3.21. The van der Waals surface area contributed by atoms with Gasteiger partial charge < -0.3 is 14.6 Å². The van der Waals surface area contributed by atoms with Gasteiger partial charge in [-0.2, -0.15) is 0 Å². The number of ether oxygens (including phenoxy) is 2. The zero-order chi connectivity index (χ0) is 10.8. The SMILES string of the molecule is CC(C)(C)O[C@@H]1C=CC(=O)[C@@H](CO)O1. The minimum absolute atomic E-state index is 0.221. The summed E-state index contributed by atoms with van der Waals surface area (Å²) >= 11 is 0. The average molecular weight is 200 g/mol. The summed E-state index contributed by atoms with van der Waals surface area (Å²) in [7, 11) is 0. The molecule has 0 radical (unpaired) electrons. The molecule has 1 heterocycles. The predicted octanol–water partition coefficient (Wildman–Crippen LogP) is 0.644. The summed E-state index contributed by atoms with van der Waals surface area (Å²) in [5.41, 5.74) is -0.338. The van der Waals surface area contributed by atoms with E-state index >= 15 is 0 Å². The molecule has 0 spiro atoms. The molecule has 1 aliphatic rings. The standard InChI is InChI=1S/C10H16O4/c1-10(2,3)14-9-5-4-7(12)8(6-11)13-9/h4-5,8-9,11H,6H2,1-3H3/t8-,9-/m1/s1. The van der Waals surface area contributed by atoms with Gasteiger partial charge in [0.1, 0.15) is 6.10 Å². The summed E-state index contributed by atoms with van der Waals surface area (Å²) in [5, 5.41) is 8.84. The minimum atomic E-state index is -0.785. The van der Waals surface area contributed by atoms with Crippen LogP contribution in [0.5, 0.6) is 0 Å². The molecular weight excluding hydrogens is 184 g/mol. The number of aliphatic hydroxyl groups is 1. The molecule has 0 amide bonds. The highest BCUT2D eigenvalue weighted by Crippen LogP contribution is 2.17. The van der Waals surface area contributed by atoms with E-state index in [1.54, 1.807) is 6.08 Å². The van der Waals surface area contributed by atoms with E-state index < -0.39 is 12.4 Å². The summed E-state index contributed by atoms with van der Waals surface area (Å²) < 4.78 is 10.7. The van der Waals surface area contributed by atoms with Crippen molar-refractivity contribution in [1.29, 1.82) is 0 Å². The molecule has 0 aromatic carbocycles. The van der Waals surface area contributed by atoms with E-state index in [0.717, 1.165) is 0 Å². The van der Waals surface area contributed by atoms with Gasteiger partial charge >= 0.3 is 0 Å². The molecule has 0 aromatic rings. The van der Waals surface area contributed by atoms with Crippen LogP contribution in [0.15, 0.2) is 12.2 Å². The molecule has 0 unspecified atom stereocenters. The lowest BCUT2D eigenvalue weighted by atomic mass is 10.1. The third-order valence-corrected chi connectivity index (χ3v) is 1.67. The first-order valence-corrected chi connectivity index (χ1v) is 4.58. The van der Waals surface area contributed by atoms with E-state index in [-0.39, 0.29) is 18.0 Å². The van der Waals surface area contributed by atoms with Gasteiger partial charge in [-0.3, -0.25) is 4.79 Å². The second-order valence-corrected chi connectivity index (χ2v) is 4.17. The molecule has 0 aliphatic carbocycles. The van der Waals surface area contributed by atoms with Crippen LogP contribution in [0, 0.1) is 0 Å². The van der Waals surface area contributed by atoms with Crippen molar-refractivity contribution in [3.05, 3.63) is 12.2 Å². The fourth-order valence-corrected chi connectivity index (χ4v) is 1.10. The number of aliphatic hydroxyl groups excluding tert-OH is 1. The lowest BCUT2D eigenvalue weighted by Gasteiger charge is -2.29. The van der Waals surface area contributed by atoms with Crippen LogP contribution in [0.3, 0.4) is 0 Å². The van der Waals surface area contributed by atoms with Crippen molar-refractivity contribution in [1.82, 2.24) is 0 Å². The number of rotatable bonds is 2. The zero-order valence-corrected chi connectivity index (χ0v) is 8.69. The van der Waals surface area contributed by atoms with E-state index in [9.17, 15) is 4.79 Å². The van der Waals surface area contributed by atoms with Crippen LogP contribution >= 0.6 is 0 Å². The highest BCUT2D eigenvalue weighted by atomic mass is 16.7. The van der Waals surface area contributed by atoms with E-state index in [1.807, 2.05) is 20.8 Å². The Morgan fingerprint density at radius 3 is 2.71 bits per heavy atom. The second kappa shape index (κ2) is 4.21. The van der Waals surface area contributed by atoms with Gasteiger partial charge in [-0.25, -0.2) is 0 Å². The zero-order valence-electron chi connectivity index (χ0n) is 8.69. The normalized spacial score (nSPS) is 28.1. The minimum Gasteiger partial charge on any atom is -0.393 e. The molecule has 80 valence electrons. The lowest BCUT2D eigenvalue weighted by Crippen LogP contribution is -2.38. The Hall–Kier alpha value is -0.710. The lowest BCUT2D eigenvalue weighted by molar-refractivity contribution is -0.200. The van der Waals surface area contributed by atoms with Crippen molar-refractivity contribution in [2.45, 2.75) is 38.8 Å². The van der Waals surface area contributed by atoms with Gasteiger partial charge in [0.25, 0.3) is 0 Å².